The van der Waals surface area contributed by atoms with Gasteiger partial charge in [-0.25, -0.2) is 8.42 Å². The van der Waals surface area contributed by atoms with Crippen molar-refractivity contribution < 1.29 is 22.3 Å². The fraction of sp³-hybridized carbons (Fsp3) is 0.375. The molecule has 0 unspecified atom stereocenters. The van der Waals surface area contributed by atoms with Crippen molar-refractivity contribution in [1.82, 2.24) is 4.31 Å². The van der Waals surface area contributed by atoms with E-state index in [4.69, 9.17) is 13.9 Å². The Morgan fingerprint density at radius 2 is 1.91 bits per heavy atom. The van der Waals surface area contributed by atoms with Gasteiger partial charge in [0.1, 0.15) is 5.75 Å². The summed E-state index contributed by atoms with van der Waals surface area (Å²) >= 11 is 0. The Morgan fingerprint density at radius 1 is 1.17 bits per heavy atom. The van der Waals surface area contributed by atoms with Gasteiger partial charge in [-0.2, -0.15) is 4.31 Å². The molecule has 0 atom stereocenters. The van der Waals surface area contributed by atoms with E-state index in [9.17, 15) is 8.42 Å². The molecule has 7 heteroatoms. The Labute approximate surface area is 136 Å². The predicted octanol–water partition coefficient (Wildman–Crippen LogP) is 2.52. The molecule has 0 radical (unpaired) electrons. The van der Waals surface area contributed by atoms with Crippen LogP contribution in [0.2, 0.25) is 0 Å². The molecule has 1 aromatic carbocycles. The summed E-state index contributed by atoms with van der Waals surface area (Å²) in [6, 6.07) is 8.16. The van der Waals surface area contributed by atoms with Crippen molar-refractivity contribution in [3.05, 3.63) is 48.4 Å². The van der Waals surface area contributed by atoms with Gasteiger partial charge in [-0.05, 0) is 37.3 Å². The largest absolute Gasteiger partial charge is 0.494 e. The van der Waals surface area contributed by atoms with Gasteiger partial charge in [-0.15, -0.1) is 0 Å². The van der Waals surface area contributed by atoms with Crippen molar-refractivity contribution in [2.24, 2.45) is 0 Å². The van der Waals surface area contributed by atoms with E-state index < -0.39 is 10.0 Å². The van der Waals surface area contributed by atoms with Crippen LogP contribution in [0.1, 0.15) is 12.5 Å². The van der Waals surface area contributed by atoms with Crippen LogP contribution in [-0.2, 0) is 21.3 Å². The molecular formula is C16H21NO5S. The maximum atomic E-state index is 12.8. The number of nitrogens with zero attached hydrogens (tertiary/aromatic N) is 1. The molecule has 0 aliphatic carbocycles. The first-order chi connectivity index (χ1) is 11.1. The van der Waals surface area contributed by atoms with Crippen LogP contribution in [0.5, 0.6) is 5.75 Å². The number of ether oxygens (including phenoxy) is 2. The molecule has 126 valence electrons. The molecule has 0 aliphatic rings. The smallest absolute Gasteiger partial charge is 0.243 e. The molecule has 0 bridgehead atoms. The normalized spacial score (nSPS) is 11.8. The van der Waals surface area contributed by atoms with E-state index in [1.54, 1.807) is 37.4 Å². The molecule has 1 aromatic heterocycles. The number of hydrogen-bond acceptors (Lipinski definition) is 5. The first-order valence-corrected chi connectivity index (χ1v) is 8.75. The second-order valence-corrected chi connectivity index (χ2v) is 6.81. The topological polar surface area (TPSA) is 69.0 Å². The Kier molecular flexibility index (Phi) is 6.20. The average Bonchev–Trinajstić information content (AvgIpc) is 3.05. The van der Waals surface area contributed by atoms with Gasteiger partial charge in [0.15, 0.2) is 0 Å². The van der Waals surface area contributed by atoms with Crippen molar-refractivity contribution in [2.75, 3.05) is 26.9 Å². The van der Waals surface area contributed by atoms with Crippen LogP contribution < -0.4 is 4.74 Å². The summed E-state index contributed by atoms with van der Waals surface area (Å²) in [5.74, 6) is 0.643. The van der Waals surface area contributed by atoms with E-state index in [0.717, 1.165) is 5.56 Å². The van der Waals surface area contributed by atoms with E-state index in [0.29, 0.717) is 19.0 Å². The van der Waals surface area contributed by atoms with Gasteiger partial charge in [0.05, 0.1) is 30.6 Å². The number of furan rings is 1. The number of sulfonamides is 1. The highest BCUT2D eigenvalue weighted by Gasteiger charge is 2.24. The Morgan fingerprint density at radius 3 is 2.48 bits per heavy atom. The van der Waals surface area contributed by atoms with Gasteiger partial charge < -0.3 is 13.9 Å². The maximum absolute atomic E-state index is 12.8. The fourth-order valence-corrected chi connectivity index (χ4v) is 3.50. The number of rotatable bonds is 9. The first-order valence-electron chi connectivity index (χ1n) is 7.31. The standard InChI is InChI=1S/C16H21NO5S/c1-3-22-15-4-6-16(7-5-15)23(18,19)17(9-11-20-2)12-14-8-10-21-13-14/h4-8,10,13H,3,9,11-12H2,1-2H3. The molecule has 0 saturated heterocycles. The summed E-state index contributed by atoms with van der Waals surface area (Å²) in [5.41, 5.74) is 0.788. The summed E-state index contributed by atoms with van der Waals surface area (Å²) in [6.45, 7) is 3.22. The zero-order valence-electron chi connectivity index (χ0n) is 13.3. The van der Waals surface area contributed by atoms with Crippen LogP contribution in [0.4, 0.5) is 0 Å². The van der Waals surface area contributed by atoms with Gasteiger partial charge in [0, 0.05) is 25.8 Å². The lowest BCUT2D eigenvalue weighted by atomic mass is 10.3. The van der Waals surface area contributed by atoms with Crippen molar-refractivity contribution in [1.29, 1.82) is 0 Å². The van der Waals surface area contributed by atoms with Crippen molar-refractivity contribution in [3.63, 3.8) is 0 Å². The van der Waals surface area contributed by atoms with Crippen LogP contribution in [0.3, 0.4) is 0 Å². The zero-order valence-corrected chi connectivity index (χ0v) is 14.1. The number of hydrogen-bond donors (Lipinski definition) is 0. The van der Waals surface area contributed by atoms with E-state index >= 15 is 0 Å². The molecule has 23 heavy (non-hydrogen) atoms. The van der Waals surface area contributed by atoms with Gasteiger partial charge in [0.25, 0.3) is 0 Å². The zero-order chi connectivity index (χ0) is 16.7. The average molecular weight is 339 g/mol. The highest BCUT2D eigenvalue weighted by molar-refractivity contribution is 7.89. The minimum atomic E-state index is -3.62. The fourth-order valence-electron chi connectivity index (χ4n) is 2.09. The molecule has 0 amide bonds. The lowest BCUT2D eigenvalue weighted by Gasteiger charge is -2.21. The SMILES string of the molecule is CCOc1ccc(S(=O)(=O)N(CCOC)Cc2ccoc2)cc1. The van der Waals surface area contributed by atoms with Crippen molar-refractivity contribution in [2.45, 2.75) is 18.4 Å². The van der Waals surface area contributed by atoms with Crippen LogP contribution in [0.15, 0.2) is 52.2 Å². The Hall–Kier alpha value is -1.83. The molecule has 6 nitrogen and oxygen atoms in total. The third-order valence-corrected chi connectivity index (χ3v) is 5.12. The molecule has 1 heterocycles. The van der Waals surface area contributed by atoms with Gasteiger partial charge in [0.2, 0.25) is 10.0 Å². The van der Waals surface area contributed by atoms with Crippen molar-refractivity contribution >= 4 is 10.0 Å². The quantitative estimate of drug-likeness (QED) is 0.702. The highest BCUT2D eigenvalue weighted by atomic mass is 32.2. The van der Waals surface area contributed by atoms with E-state index in [1.807, 2.05) is 6.92 Å². The lowest BCUT2D eigenvalue weighted by molar-refractivity contribution is 0.177. The minimum absolute atomic E-state index is 0.223. The number of benzene rings is 1. The van der Waals surface area contributed by atoms with Crippen LogP contribution in [0, 0.1) is 0 Å². The molecule has 0 saturated carbocycles. The number of methoxy groups -OCH3 is 1. The summed E-state index contributed by atoms with van der Waals surface area (Å²) in [5, 5.41) is 0. The summed E-state index contributed by atoms with van der Waals surface area (Å²) in [6.07, 6.45) is 3.06. The summed E-state index contributed by atoms with van der Waals surface area (Å²) < 4.78 is 42.4. The third kappa shape index (κ3) is 4.57. The molecule has 2 aromatic rings. The molecule has 0 spiro atoms. The van der Waals surface area contributed by atoms with Crippen LogP contribution in [0.25, 0.3) is 0 Å². The molecule has 0 aliphatic heterocycles. The molecule has 0 fully saturated rings. The highest BCUT2D eigenvalue weighted by Crippen LogP contribution is 2.21. The Balaban J connectivity index is 2.23. The first kappa shape index (κ1) is 17.5. The second kappa shape index (κ2) is 8.14. The molecular weight excluding hydrogens is 318 g/mol. The predicted molar refractivity (Wildman–Crippen MR) is 85.8 cm³/mol. The van der Waals surface area contributed by atoms with Gasteiger partial charge in [-0.1, -0.05) is 0 Å². The van der Waals surface area contributed by atoms with Crippen LogP contribution >= 0.6 is 0 Å². The van der Waals surface area contributed by atoms with E-state index in [1.165, 1.54) is 16.8 Å². The monoisotopic (exact) mass is 339 g/mol. The molecule has 2 rings (SSSR count). The second-order valence-electron chi connectivity index (χ2n) is 4.87. The third-order valence-electron chi connectivity index (χ3n) is 3.26. The van der Waals surface area contributed by atoms with Gasteiger partial charge >= 0.3 is 0 Å². The maximum Gasteiger partial charge on any atom is 0.243 e. The summed E-state index contributed by atoms with van der Waals surface area (Å²) in [4.78, 5) is 0.223. The molecule has 0 N–H and O–H groups in total. The van der Waals surface area contributed by atoms with E-state index in [2.05, 4.69) is 0 Å². The lowest BCUT2D eigenvalue weighted by Crippen LogP contribution is -2.33. The van der Waals surface area contributed by atoms with Gasteiger partial charge in [-0.3, -0.25) is 0 Å². The summed E-state index contributed by atoms with van der Waals surface area (Å²) in [7, 11) is -2.08. The van der Waals surface area contributed by atoms with E-state index in [-0.39, 0.29) is 18.0 Å². The van der Waals surface area contributed by atoms with Crippen molar-refractivity contribution in [3.8, 4) is 5.75 Å². The minimum Gasteiger partial charge on any atom is -0.494 e. The Bertz CT molecular complexity index is 680. The van der Waals surface area contributed by atoms with Crippen LogP contribution in [-0.4, -0.2) is 39.6 Å².